The Balaban J connectivity index is 2.23. The van der Waals surface area contributed by atoms with E-state index in [2.05, 4.69) is 43.0 Å². The number of aryl methyl sites for hydroxylation is 1. The van der Waals surface area contributed by atoms with Gasteiger partial charge in [-0.15, -0.1) is 0 Å². The summed E-state index contributed by atoms with van der Waals surface area (Å²) in [5.74, 6) is 3.22. The first-order valence-electron chi connectivity index (χ1n) is 8.47. The molecule has 1 aliphatic rings. The molecule has 0 bridgehead atoms. The van der Waals surface area contributed by atoms with Crippen molar-refractivity contribution in [1.29, 1.82) is 0 Å². The molecule has 2 unspecified atom stereocenters. The molecule has 1 aromatic heterocycles. The Morgan fingerprint density at radius 2 is 1.90 bits per heavy atom. The monoisotopic (exact) mass is 291 g/mol. The molecule has 0 spiro atoms. The van der Waals surface area contributed by atoms with Crippen LogP contribution in [0.25, 0.3) is 0 Å². The number of nitrogens with one attached hydrogen (secondary N) is 1. The summed E-state index contributed by atoms with van der Waals surface area (Å²) in [5.41, 5.74) is 1.04. The van der Waals surface area contributed by atoms with E-state index < -0.39 is 0 Å². The van der Waals surface area contributed by atoms with Crippen molar-refractivity contribution in [3.05, 3.63) is 11.4 Å². The molecule has 21 heavy (non-hydrogen) atoms. The number of ether oxygens (including phenoxy) is 1. The first kappa shape index (κ1) is 16.1. The fourth-order valence-electron chi connectivity index (χ4n) is 3.09. The van der Waals surface area contributed by atoms with E-state index in [0.717, 1.165) is 42.5 Å². The first-order chi connectivity index (χ1) is 10.2. The van der Waals surface area contributed by atoms with Crippen LogP contribution in [-0.4, -0.2) is 22.6 Å². The molecule has 0 aromatic carbocycles. The minimum absolute atomic E-state index is 0.316. The van der Waals surface area contributed by atoms with Gasteiger partial charge in [-0.1, -0.05) is 20.3 Å². The van der Waals surface area contributed by atoms with Crippen molar-refractivity contribution in [3.63, 3.8) is 0 Å². The second-order valence-electron chi connectivity index (χ2n) is 5.91. The Bertz CT molecular complexity index is 462. The van der Waals surface area contributed by atoms with Crippen LogP contribution in [0.1, 0.15) is 64.3 Å². The molecule has 118 valence electrons. The summed E-state index contributed by atoms with van der Waals surface area (Å²) in [4.78, 5) is 9.19. The largest absolute Gasteiger partial charge is 0.474 e. The topological polar surface area (TPSA) is 47.0 Å². The van der Waals surface area contributed by atoms with Crippen LogP contribution in [0.3, 0.4) is 0 Å². The van der Waals surface area contributed by atoms with Gasteiger partial charge in [0.05, 0.1) is 5.56 Å². The zero-order valence-corrected chi connectivity index (χ0v) is 13.9. The van der Waals surface area contributed by atoms with Gasteiger partial charge >= 0.3 is 0 Å². The Hall–Kier alpha value is -1.32. The van der Waals surface area contributed by atoms with E-state index >= 15 is 0 Å². The van der Waals surface area contributed by atoms with E-state index in [-0.39, 0.29) is 0 Å². The van der Waals surface area contributed by atoms with Crippen LogP contribution in [0, 0.1) is 12.8 Å². The van der Waals surface area contributed by atoms with Crippen LogP contribution in [0.5, 0.6) is 5.88 Å². The number of aromatic nitrogens is 2. The first-order valence-corrected chi connectivity index (χ1v) is 8.47. The van der Waals surface area contributed by atoms with Gasteiger partial charge in [0.2, 0.25) is 5.88 Å². The van der Waals surface area contributed by atoms with E-state index in [9.17, 15) is 0 Å². The lowest BCUT2D eigenvalue weighted by molar-refractivity contribution is 0.0848. The van der Waals surface area contributed by atoms with Crippen LogP contribution in [-0.2, 0) is 6.42 Å². The summed E-state index contributed by atoms with van der Waals surface area (Å²) < 4.78 is 6.33. The summed E-state index contributed by atoms with van der Waals surface area (Å²) >= 11 is 0. The standard InChI is InChI=1S/C17H29N3O/c1-5-13-10-8-9-11-14(13)21-17-12(4)16(18-7-3)19-15(6-2)20-17/h13-14H,5-11H2,1-4H3,(H,18,19,20). The lowest BCUT2D eigenvalue weighted by Crippen LogP contribution is -2.30. The van der Waals surface area contributed by atoms with Gasteiger partial charge in [-0.2, -0.15) is 4.98 Å². The molecule has 0 aliphatic heterocycles. The number of hydrogen-bond acceptors (Lipinski definition) is 4. The van der Waals surface area contributed by atoms with Crippen molar-refractivity contribution in [3.8, 4) is 5.88 Å². The molecule has 2 atom stereocenters. The molecule has 0 radical (unpaired) electrons. The normalized spacial score (nSPS) is 22.1. The lowest BCUT2D eigenvalue weighted by atomic mass is 9.85. The Kier molecular flexibility index (Phi) is 5.83. The third kappa shape index (κ3) is 3.86. The third-order valence-corrected chi connectivity index (χ3v) is 4.43. The molecule has 4 heteroatoms. The number of anilines is 1. The molecule has 4 nitrogen and oxygen atoms in total. The minimum Gasteiger partial charge on any atom is -0.474 e. The smallest absolute Gasteiger partial charge is 0.222 e. The van der Waals surface area contributed by atoms with E-state index in [1.807, 2.05) is 0 Å². The molecular formula is C17H29N3O. The maximum Gasteiger partial charge on any atom is 0.222 e. The fourth-order valence-corrected chi connectivity index (χ4v) is 3.09. The predicted molar refractivity (Wildman–Crippen MR) is 87.0 cm³/mol. The van der Waals surface area contributed by atoms with Crippen molar-refractivity contribution in [2.45, 2.75) is 72.3 Å². The molecule has 0 amide bonds. The molecule has 2 rings (SSSR count). The van der Waals surface area contributed by atoms with Gasteiger partial charge in [0.15, 0.2) is 0 Å². The molecular weight excluding hydrogens is 262 g/mol. The molecule has 1 aliphatic carbocycles. The van der Waals surface area contributed by atoms with Crippen molar-refractivity contribution >= 4 is 5.82 Å². The van der Waals surface area contributed by atoms with Crippen molar-refractivity contribution < 1.29 is 4.74 Å². The van der Waals surface area contributed by atoms with Crippen LogP contribution in [0.2, 0.25) is 0 Å². The van der Waals surface area contributed by atoms with Gasteiger partial charge < -0.3 is 10.1 Å². The summed E-state index contributed by atoms with van der Waals surface area (Å²) in [6, 6.07) is 0. The van der Waals surface area contributed by atoms with Gasteiger partial charge in [0.1, 0.15) is 17.7 Å². The molecule has 1 N–H and O–H groups in total. The highest BCUT2D eigenvalue weighted by Crippen LogP contribution is 2.32. The highest BCUT2D eigenvalue weighted by atomic mass is 16.5. The van der Waals surface area contributed by atoms with Gasteiger partial charge in [0.25, 0.3) is 0 Å². The second kappa shape index (κ2) is 7.62. The van der Waals surface area contributed by atoms with Crippen LogP contribution in [0.4, 0.5) is 5.82 Å². The quantitative estimate of drug-likeness (QED) is 0.856. The summed E-state index contributed by atoms with van der Waals surface area (Å²) in [6.07, 6.45) is 7.38. The Morgan fingerprint density at radius 1 is 1.14 bits per heavy atom. The van der Waals surface area contributed by atoms with Crippen molar-refractivity contribution in [1.82, 2.24) is 9.97 Å². The van der Waals surface area contributed by atoms with Crippen LogP contribution >= 0.6 is 0 Å². The third-order valence-electron chi connectivity index (χ3n) is 4.43. The number of hydrogen-bond donors (Lipinski definition) is 1. The lowest BCUT2D eigenvalue weighted by Gasteiger charge is -2.31. The average Bonchev–Trinajstić information content (AvgIpc) is 2.51. The molecule has 0 saturated heterocycles. The van der Waals surface area contributed by atoms with Crippen LogP contribution in [0.15, 0.2) is 0 Å². The molecule has 1 heterocycles. The fraction of sp³-hybridized carbons (Fsp3) is 0.765. The van der Waals surface area contributed by atoms with Crippen molar-refractivity contribution in [2.24, 2.45) is 5.92 Å². The number of nitrogens with zero attached hydrogens (tertiary/aromatic N) is 2. The van der Waals surface area contributed by atoms with E-state index in [1.54, 1.807) is 0 Å². The van der Waals surface area contributed by atoms with Gasteiger partial charge in [-0.3, -0.25) is 0 Å². The predicted octanol–water partition coefficient (Wildman–Crippen LogP) is 4.13. The zero-order chi connectivity index (χ0) is 15.2. The molecule has 1 aromatic rings. The van der Waals surface area contributed by atoms with E-state index in [0.29, 0.717) is 12.0 Å². The van der Waals surface area contributed by atoms with Crippen LogP contribution < -0.4 is 10.1 Å². The van der Waals surface area contributed by atoms with Gasteiger partial charge in [-0.05, 0) is 45.4 Å². The number of rotatable bonds is 6. The summed E-state index contributed by atoms with van der Waals surface area (Å²) in [5, 5.41) is 3.32. The van der Waals surface area contributed by atoms with E-state index in [1.165, 1.54) is 25.7 Å². The Labute approximate surface area is 128 Å². The SMILES string of the molecule is CCNc1nc(CC)nc(OC2CCCCC2CC)c1C. The maximum atomic E-state index is 6.33. The summed E-state index contributed by atoms with van der Waals surface area (Å²) in [6.45, 7) is 9.35. The Morgan fingerprint density at radius 3 is 2.57 bits per heavy atom. The molecule has 1 fully saturated rings. The second-order valence-corrected chi connectivity index (χ2v) is 5.91. The zero-order valence-electron chi connectivity index (χ0n) is 13.9. The van der Waals surface area contributed by atoms with Gasteiger partial charge in [0, 0.05) is 13.0 Å². The highest BCUT2D eigenvalue weighted by molar-refractivity contribution is 5.48. The van der Waals surface area contributed by atoms with Gasteiger partial charge in [-0.25, -0.2) is 4.98 Å². The minimum atomic E-state index is 0.316. The average molecular weight is 291 g/mol. The maximum absolute atomic E-state index is 6.33. The van der Waals surface area contributed by atoms with E-state index in [4.69, 9.17) is 4.74 Å². The summed E-state index contributed by atoms with van der Waals surface area (Å²) in [7, 11) is 0. The highest BCUT2D eigenvalue weighted by Gasteiger charge is 2.26. The van der Waals surface area contributed by atoms with Crippen molar-refractivity contribution in [2.75, 3.05) is 11.9 Å². The molecule has 1 saturated carbocycles.